The van der Waals surface area contributed by atoms with Gasteiger partial charge in [-0.25, -0.2) is 13.6 Å². The molecule has 7 heteroatoms. The Bertz CT molecular complexity index is 735. The third kappa shape index (κ3) is 2.94. The Kier molecular flexibility index (Phi) is 4.34. The first kappa shape index (κ1) is 15.5. The largest absolute Gasteiger partial charge is 0.465 e. The third-order valence-electron chi connectivity index (χ3n) is 2.84. The van der Waals surface area contributed by atoms with Crippen molar-refractivity contribution >= 4 is 34.9 Å². The fraction of sp³-hybridized carbons (Fsp3) is 0.0714. The summed E-state index contributed by atoms with van der Waals surface area (Å²) < 4.78 is 31.6. The molecule has 2 aromatic carbocycles. The fourth-order valence-electron chi connectivity index (χ4n) is 1.81. The number of carbonyl (C=O) groups excluding carboxylic acids is 1. The molecule has 0 aliphatic carbocycles. The van der Waals surface area contributed by atoms with Crippen LogP contribution < -0.4 is 5.73 Å². The van der Waals surface area contributed by atoms with E-state index in [1.165, 1.54) is 19.2 Å². The number of rotatable bonds is 2. The van der Waals surface area contributed by atoms with Crippen LogP contribution in [0.25, 0.3) is 11.1 Å². The van der Waals surface area contributed by atoms with Crippen LogP contribution in [0.5, 0.6) is 0 Å². The molecule has 2 aromatic rings. The molecule has 0 aromatic heterocycles. The highest BCUT2D eigenvalue weighted by Gasteiger charge is 2.18. The molecule has 0 unspecified atom stereocenters. The lowest BCUT2D eigenvalue weighted by molar-refractivity contribution is 0.0602. The molecular weight excluding hydrogens is 323 g/mol. The first-order chi connectivity index (χ1) is 9.85. The molecule has 0 aliphatic rings. The second kappa shape index (κ2) is 5.87. The number of methoxy groups -OCH3 is 1. The minimum absolute atomic E-state index is 0.0190. The lowest BCUT2D eigenvalue weighted by Crippen LogP contribution is -2.06. The number of halogens is 4. The molecule has 0 fully saturated rings. The number of anilines is 1. The van der Waals surface area contributed by atoms with E-state index in [0.717, 1.165) is 6.07 Å². The number of carbonyl (C=O) groups is 1. The highest BCUT2D eigenvalue weighted by Crippen LogP contribution is 2.35. The van der Waals surface area contributed by atoms with Crippen LogP contribution in [0.3, 0.4) is 0 Å². The number of nitrogen functional groups attached to an aromatic ring is 1. The molecule has 3 nitrogen and oxygen atoms in total. The average Bonchev–Trinajstić information content (AvgIpc) is 2.44. The van der Waals surface area contributed by atoms with Crippen molar-refractivity contribution < 1.29 is 18.3 Å². The van der Waals surface area contributed by atoms with Gasteiger partial charge in [0.05, 0.1) is 17.7 Å². The van der Waals surface area contributed by atoms with Gasteiger partial charge in [-0.3, -0.25) is 0 Å². The number of nitrogens with two attached hydrogens (primary N) is 1. The Morgan fingerprint density at radius 1 is 1.05 bits per heavy atom. The summed E-state index contributed by atoms with van der Waals surface area (Å²) >= 11 is 11.7. The van der Waals surface area contributed by atoms with Gasteiger partial charge in [0.1, 0.15) is 11.6 Å². The van der Waals surface area contributed by atoms with E-state index in [-0.39, 0.29) is 32.4 Å². The van der Waals surface area contributed by atoms with Gasteiger partial charge in [0.15, 0.2) is 0 Å². The molecule has 0 saturated carbocycles. The van der Waals surface area contributed by atoms with E-state index in [0.29, 0.717) is 6.07 Å². The van der Waals surface area contributed by atoms with Gasteiger partial charge in [0.2, 0.25) is 0 Å². The van der Waals surface area contributed by atoms with E-state index < -0.39 is 17.6 Å². The van der Waals surface area contributed by atoms with Crippen LogP contribution in [0.15, 0.2) is 24.3 Å². The highest BCUT2D eigenvalue weighted by atomic mass is 35.5. The molecule has 0 spiro atoms. The number of hydrogen-bond donors (Lipinski definition) is 1. The van der Waals surface area contributed by atoms with E-state index >= 15 is 0 Å². The molecule has 0 aliphatic heterocycles. The van der Waals surface area contributed by atoms with Crippen LogP contribution in [0.1, 0.15) is 10.4 Å². The number of ether oxygens (including phenoxy) is 1. The normalized spacial score (nSPS) is 10.5. The first-order valence-electron chi connectivity index (χ1n) is 5.67. The van der Waals surface area contributed by atoms with E-state index in [1.807, 2.05) is 0 Å². The Morgan fingerprint density at radius 3 is 2.33 bits per heavy atom. The SMILES string of the molecule is COC(=O)c1cc(Cl)c(-c2cc(Cl)c(F)cc2F)cc1N. The number of hydrogen-bond acceptors (Lipinski definition) is 3. The van der Waals surface area contributed by atoms with Gasteiger partial charge in [0.25, 0.3) is 0 Å². The Labute approximate surface area is 129 Å². The number of esters is 1. The summed E-state index contributed by atoms with van der Waals surface area (Å²) in [6, 6.07) is 4.32. The van der Waals surface area contributed by atoms with Crippen molar-refractivity contribution in [3.63, 3.8) is 0 Å². The fourth-order valence-corrected chi connectivity index (χ4v) is 2.24. The summed E-state index contributed by atoms with van der Waals surface area (Å²) in [4.78, 5) is 11.5. The summed E-state index contributed by atoms with van der Waals surface area (Å²) in [6.07, 6.45) is 0. The minimum Gasteiger partial charge on any atom is -0.465 e. The molecule has 0 saturated heterocycles. The quantitative estimate of drug-likeness (QED) is 0.507. The first-order valence-corrected chi connectivity index (χ1v) is 6.43. The molecule has 0 heterocycles. The van der Waals surface area contributed by atoms with Crippen molar-refractivity contribution in [1.29, 1.82) is 0 Å². The maximum Gasteiger partial charge on any atom is 0.340 e. The van der Waals surface area contributed by atoms with Crippen molar-refractivity contribution in [3.05, 3.63) is 51.5 Å². The Morgan fingerprint density at radius 2 is 1.71 bits per heavy atom. The molecular formula is C14H9Cl2F2NO2. The predicted octanol–water partition coefficient (Wildman–Crippen LogP) is 4.31. The Hall–Kier alpha value is -1.85. The maximum absolute atomic E-state index is 13.9. The van der Waals surface area contributed by atoms with Crippen LogP contribution in [-0.2, 0) is 4.74 Å². The predicted molar refractivity (Wildman–Crippen MR) is 77.6 cm³/mol. The lowest BCUT2D eigenvalue weighted by Gasteiger charge is -2.11. The summed E-state index contributed by atoms with van der Waals surface area (Å²) in [5.74, 6) is -2.39. The third-order valence-corrected chi connectivity index (χ3v) is 3.45. The summed E-state index contributed by atoms with van der Waals surface area (Å²) in [5.41, 5.74) is 6.02. The molecule has 2 N–H and O–H groups in total. The van der Waals surface area contributed by atoms with Gasteiger partial charge in [-0.2, -0.15) is 0 Å². The second-order valence-corrected chi connectivity index (χ2v) is 4.97. The summed E-state index contributed by atoms with van der Waals surface area (Å²) in [6.45, 7) is 0. The van der Waals surface area contributed by atoms with Crippen LogP contribution in [-0.4, -0.2) is 13.1 Å². The van der Waals surface area contributed by atoms with E-state index in [1.54, 1.807) is 0 Å². The molecule has 0 amide bonds. The van der Waals surface area contributed by atoms with Crippen LogP contribution in [0.4, 0.5) is 14.5 Å². The zero-order valence-electron chi connectivity index (χ0n) is 10.7. The average molecular weight is 332 g/mol. The van der Waals surface area contributed by atoms with Crippen molar-refractivity contribution in [2.45, 2.75) is 0 Å². The van der Waals surface area contributed by atoms with Gasteiger partial charge < -0.3 is 10.5 Å². The zero-order valence-corrected chi connectivity index (χ0v) is 12.2. The van der Waals surface area contributed by atoms with Crippen molar-refractivity contribution in [1.82, 2.24) is 0 Å². The highest BCUT2D eigenvalue weighted by molar-refractivity contribution is 6.34. The topological polar surface area (TPSA) is 52.3 Å². The standard InChI is InChI=1S/C14H9Cl2F2NO2/c1-21-14(20)8-3-9(15)6(4-13(8)19)7-2-10(16)12(18)5-11(7)17/h2-5H,19H2,1H3. The number of benzene rings is 2. The van der Waals surface area contributed by atoms with Crippen LogP contribution in [0, 0.1) is 11.6 Å². The second-order valence-electron chi connectivity index (χ2n) is 4.16. The minimum atomic E-state index is -0.881. The molecule has 0 atom stereocenters. The van der Waals surface area contributed by atoms with Gasteiger partial charge in [-0.05, 0) is 18.2 Å². The smallest absolute Gasteiger partial charge is 0.340 e. The van der Waals surface area contributed by atoms with Crippen molar-refractivity contribution in [2.24, 2.45) is 0 Å². The summed E-state index contributed by atoms with van der Waals surface area (Å²) in [7, 11) is 1.20. The van der Waals surface area contributed by atoms with Crippen molar-refractivity contribution in [2.75, 3.05) is 12.8 Å². The van der Waals surface area contributed by atoms with Crippen LogP contribution >= 0.6 is 23.2 Å². The molecule has 0 bridgehead atoms. The van der Waals surface area contributed by atoms with Gasteiger partial charge in [0, 0.05) is 27.9 Å². The molecule has 0 radical (unpaired) electrons. The molecule has 21 heavy (non-hydrogen) atoms. The lowest BCUT2D eigenvalue weighted by atomic mass is 10.0. The Balaban J connectivity index is 2.63. The van der Waals surface area contributed by atoms with Crippen LogP contribution in [0.2, 0.25) is 10.0 Å². The molecule has 110 valence electrons. The van der Waals surface area contributed by atoms with E-state index in [9.17, 15) is 13.6 Å². The maximum atomic E-state index is 13.9. The van der Waals surface area contributed by atoms with Crippen molar-refractivity contribution in [3.8, 4) is 11.1 Å². The van der Waals surface area contributed by atoms with E-state index in [4.69, 9.17) is 28.9 Å². The monoisotopic (exact) mass is 331 g/mol. The van der Waals surface area contributed by atoms with Gasteiger partial charge >= 0.3 is 5.97 Å². The summed E-state index contributed by atoms with van der Waals surface area (Å²) in [5, 5.41) is -0.191. The zero-order chi connectivity index (χ0) is 15.7. The van der Waals surface area contributed by atoms with Gasteiger partial charge in [-0.1, -0.05) is 23.2 Å². The molecule has 2 rings (SSSR count). The van der Waals surface area contributed by atoms with E-state index in [2.05, 4.69) is 4.74 Å². The van der Waals surface area contributed by atoms with Gasteiger partial charge in [-0.15, -0.1) is 0 Å².